The summed E-state index contributed by atoms with van der Waals surface area (Å²) < 4.78 is 0. The molecule has 4 nitrogen and oxygen atoms in total. The van der Waals surface area contributed by atoms with E-state index in [9.17, 15) is 0 Å². The smallest absolute Gasteiger partial charge is 0.133 e. The Hall–Kier alpha value is -2.46. The van der Waals surface area contributed by atoms with Crippen LogP contribution in [0.3, 0.4) is 0 Å². The maximum atomic E-state index is 5.01. The number of anilines is 1. The normalized spacial score (nSPS) is 14.7. The van der Waals surface area contributed by atoms with Gasteiger partial charge in [-0.15, -0.1) is 0 Å². The van der Waals surface area contributed by atoms with E-state index in [0.29, 0.717) is 0 Å². The van der Waals surface area contributed by atoms with E-state index in [2.05, 4.69) is 51.6 Å². The third kappa shape index (κ3) is 4.02. The Morgan fingerprint density at radius 1 is 0.962 bits per heavy atom. The third-order valence-electron chi connectivity index (χ3n) is 5.04. The molecular formula is C22H26N4. The zero-order valence-corrected chi connectivity index (χ0v) is 15.2. The van der Waals surface area contributed by atoms with Crippen LogP contribution in [0.4, 0.5) is 5.82 Å². The lowest BCUT2D eigenvalue weighted by Crippen LogP contribution is -2.32. The van der Waals surface area contributed by atoms with E-state index >= 15 is 0 Å². The molecule has 1 aliphatic rings. The van der Waals surface area contributed by atoms with Gasteiger partial charge in [0.05, 0.1) is 5.52 Å². The Balaban J connectivity index is 1.50. The molecule has 0 aliphatic carbocycles. The standard InChI is InChI=1S/C22H26N4/c1-6-14-26(15-7-1)22-19(16-18-8-2-3-10-21(18)25-22)17-23-13-11-20-9-4-5-12-24-20/h2-5,8-10,12,16,23H,1,6-7,11,13-15,17H2. The van der Waals surface area contributed by atoms with Crippen LogP contribution in [-0.2, 0) is 13.0 Å². The Morgan fingerprint density at radius 2 is 1.81 bits per heavy atom. The van der Waals surface area contributed by atoms with Gasteiger partial charge in [-0.25, -0.2) is 4.98 Å². The van der Waals surface area contributed by atoms with Gasteiger partial charge in [-0.1, -0.05) is 24.3 Å². The molecule has 0 saturated carbocycles. The fourth-order valence-electron chi connectivity index (χ4n) is 3.64. The summed E-state index contributed by atoms with van der Waals surface area (Å²) in [5, 5.41) is 4.81. The summed E-state index contributed by atoms with van der Waals surface area (Å²) in [7, 11) is 0. The van der Waals surface area contributed by atoms with Gasteiger partial charge in [0.2, 0.25) is 0 Å². The Kier molecular flexibility index (Phi) is 5.41. The number of nitrogens with one attached hydrogen (secondary N) is 1. The van der Waals surface area contributed by atoms with Gasteiger partial charge in [-0.05, 0) is 43.5 Å². The quantitative estimate of drug-likeness (QED) is 0.686. The fourth-order valence-corrected chi connectivity index (χ4v) is 3.64. The molecule has 134 valence electrons. The predicted molar refractivity (Wildman–Crippen MR) is 107 cm³/mol. The lowest BCUT2D eigenvalue weighted by molar-refractivity contribution is 0.570. The maximum absolute atomic E-state index is 5.01. The van der Waals surface area contributed by atoms with Crippen LogP contribution >= 0.6 is 0 Å². The highest BCUT2D eigenvalue weighted by atomic mass is 15.2. The van der Waals surface area contributed by atoms with Gasteiger partial charge in [0.15, 0.2) is 0 Å². The van der Waals surface area contributed by atoms with Crippen molar-refractivity contribution >= 4 is 16.7 Å². The molecule has 0 radical (unpaired) electrons. The predicted octanol–water partition coefficient (Wildman–Crippen LogP) is 3.95. The molecule has 0 amide bonds. The van der Waals surface area contributed by atoms with Gasteiger partial charge in [0, 0.05) is 55.4 Å². The number of benzene rings is 1. The topological polar surface area (TPSA) is 41.1 Å². The zero-order valence-electron chi connectivity index (χ0n) is 15.2. The molecule has 0 atom stereocenters. The van der Waals surface area contributed by atoms with Crippen molar-refractivity contribution in [2.24, 2.45) is 0 Å². The molecule has 1 N–H and O–H groups in total. The molecule has 0 spiro atoms. The van der Waals surface area contributed by atoms with E-state index in [-0.39, 0.29) is 0 Å². The van der Waals surface area contributed by atoms with Crippen LogP contribution in [0.25, 0.3) is 10.9 Å². The summed E-state index contributed by atoms with van der Waals surface area (Å²) in [6, 6.07) is 16.8. The van der Waals surface area contributed by atoms with E-state index in [1.807, 2.05) is 18.3 Å². The number of piperidine rings is 1. The fraction of sp³-hybridized carbons (Fsp3) is 0.364. The average molecular weight is 346 g/mol. The van der Waals surface area contributed by atoms with E-state index in [1.54, 1.807) is 0 Å². The molecule has 4 heteroatoms. The second-order valence-corrected chi connectivity index (χ2v) is 6.96. The highest BCUT2D eigenvalue weighted by molar-refractivity contribution is 5.81. The molecule has 1 saturated heterocycles. The summed E-state index contributed by atoms with van der Waals surface area (Å²) in [5.41, 5.74) is 3.52. The van der Waals surface area contributed by atoms with E-state index in [1.165, 1.54) is 30.2 Å². The van der Waals surface area contributed by atoms with Crippen LogP contribution in [0.15, 0.2) is 54.7 Å². The first-order valence-corrected chi connectivity index (χ1v) is 9.64. The minimum absolute atomic E-state index is 0.844. The molecule has 3 aromatic rings. The van der Waals surface area contributed by atoms with Crippen molar-refractivity contribution in [1.82, 2.24) is 15.3 Å². The van der Waals surface area contributed by atoms with E-state index < -0.39 is 0 Å². The molecule has 0 bridgehead atoms. The molecule has 1 fully saturated rings. The van der Waals surface area contributed by atoms with Crippen LogP contribution < -0.4 is 10.2 Å². The van der Waals surface area contributed by atoms with Crippen molar-refractivity contribution in [2.75, 3.05) is 24.5 Å². The van der Waals surface area contributed by atoms with Crippen molar-refractivity contribution in [2.45, 2.75) is 32.2 Å². The highest BCUT2D eigenvalue weighted by Gasteiger charge is 2.16. The monoisotopic (exact) mass is 346 g/mol. The minimum atomic E-state index is 0.844. The number of rotatable bonds is 6. The summed E-state index contributed by atoms with van der Waals surface area (Å²) in [6.45, 7) is 4.00. The van der Waals surface area contributed by atoms with Crippen LogP contribution in [0.5, 0.6) is 0 Å². The summed E-state index contributed by atoms with van der Waals surface area (Å²) in [5.74, 6) is 1.16. The second-order valence-electron chi connectivity index (χ2n) is 6.96. The first kappa shape index (κ1) is 17.0. The number of hydrogen-bond donors (Lipinski definition) is 1. The SMILES string of the molecule is c1ccc(CCNCc2cc3ccccc3nc2N2CCCCC2)nc1. The molecule has 26 heavy (non-hydrogen) atoms. The number of hydrogen-bond acceptors (Lipinski definition) is 4. The Morgan fingerprint density at radius 3 is 2.65 bits per heavy atom. The zero-order chi connectivity index (χ0) is 17.6. The van der Waals surface area contributed by atoms with Crippen molar-refractivity contribution in [1.29, 1.82) is 0 Å². The van der Waals surface area contributed by atoms with Crippen LogP contribution in [-0.4, -0.2) is 29.6 Å². The van der Waals surface area contributed by atoms with Gasteiger partial charge in [-0.3, -0.25) is 4.98 Å². The van der Waals surface area contributed by atoms with Crippen molar-refractivity contribution in [3.8, 4) is 0 Å². The van der Waals surface area contributed by atoms with E-state index in [4.69, 9.17) is 4.98 Å². The van der Waals surface area contributed by atoms with Gasteiger partial charge in [-0.2, -0.15) is 0 Å². The molecule has 0 unspecified atom stereocenters. The molecule has 3 heterocycles. The van der Waals surface area contributed by atoms with Crippen LogP contribution in [0, 0.1) is 0 Å². The number of nitrogens with zero attached hydrogens (tertiary/aromatic N) is 3. The maximum Gasteiger partial charge on any atom is 0.133 e. The summed E-state index contributed by atoms with van der Waals surface area (Å²) in [6.07, 6.45) is 6.67. The Labute approximate surface area is 155 Å². The first-order valence-electron chi connectivity index (χ1n) is 9.64. The lowest BCUT2D eigenvalue weighted by Gasteiger charge is -2.30. The second kappa shape index (κ2) is 8.28. The number of para-hydroxylation sites is 1. The number of aromatic nitrogens is 2. The van der Waals surface area contributed by atoms with Crippen molar-refractivity contribution in [3.05, 3.63) is 66.0 Å². The first-order chi connectivity index (χ1) is 12.9. The summed E-state index contributed by atoms with van der Waals surface area (Å²) in [4.78, 5) is 11.9. The lowest BCUT2D eigenvalue weighted by atomic mass is 10.1. The van der Waals surface area contributed by atoms with Gasteiger partial charge >= 0.3 is 0 Å². The van der Waals surface area contributed by atoms with Gasteiger partial charge < -0.3 is 10.2 Å². The number of fused-ring (bicyclic) bond motifs is 1. The molecule has 2 aromatic heterocycles. The Bertz CT molecular complexity index is 841. The third-order valence-corrected chi connectivity index (χ3v) is 5.04. The molecular weight excluding hydrogens is 320 g/mol. The average Bonchev–Trinajstić information content (AvgIpc) is 2.72. The minimum Gasteiger partial charge on any atom is -0.356 e. The van der Waals surface area contributed by atoms with Crippen LogP contribution in [0.1, 0.15) is 30.5 Å². The largest absolute Gasteiger partial charge is 0.356 e. The molecule has 1 aromatic carbocycles. The van der Waals surface area contributed by atoms with Gasteiger partial charge in [0.1, 0.15) is 5.82 Å². The highest BCUT2D eigenvalue weighted by Crippen LogP contribution is 2.26. The number of pyridine rings is 2. The molecule has 4 rings (SSSR count). The van der Waals surface area contributed by atoms with Crippen LogP contribution in [0.2, 0.25) is 0 Å². The molecule has 1 aliphatic heterocycles. The van der Waals surface area contributed by atoms with Gasteiger partial charge in [0.25, 0.3) is 0 Å². The van der Waals surface area contributed by atoms with E-state index in [0.717, 1.165) is 49.6 Å². The van der Waals surface area contributed by atoms with Crippen molar-refractivity contribution in [3.63, 3.8) is 0 Å². The summed E-state index contributed by atoms with van der Waals surface area (Å²) >= 11 is 0. The van der Waals surface area contributed by atoms with Crippen molar-refractivity contribution < 1.29 is 0 Å².